The molecule has 0 saturated heterocycles. The zero-order valence-corrected chi connectivity index (χ0v) is 19.2. The van der Waals surface area contributed by atoms with Gasteiger partial charge in [-0.3, -0.25) is 9.78 Å². The molecule has 7 nitrogen and oxygen atoms in total. The maximum absolute atomic E-state index is 13.0. The van der Waals surface area contributed by atoms with Crippen molar-refractivity contribution in [1.82, 2.24) is 19.9 Å². The number of halogens is 3. The van der Waals surface area contributed by atoms with Crippen molar-refractivity contribution in [3.05, 3.63) is 71.3 Å². The molecule has 3 aromatic heterocycles. The van der Waals surface area contributed by atoms with Crippen LogP contribution >= 0.6 is 0 Å². The van der Waals surface area contributed by atoms with Crippen LogP contribution in [0, 0.1) is 6.92 Å². The zero-order chi connectivity index (χ0) is 26.3. The number of rotatable bonds is 5. The first-order valence-electron chi connectivity index (χ1n) is 10.5. The van der Waals surface area contributed by atoms with Gasteiger partial charge >= 0.3 is 6.18 Å². The van der Waals surface area contributed by atoms with Gasteiger partial charge in [-0.15, -0.1) is 0 Å². The highest BCUT2D eigenvalue weighted by Gasteiger charge is 2.33. The molecule has 2 N–H and O–H groups in total. The minimum Gasteiger partial charge on any atom is -0.357 e. The normalized spacial score (nSPS) is 11.9. The summed E-state index contributed by atoms with van der Waals surface area (Å²) in [6.07, 6.45) is -2.18. The Morgan fingerprint density at radius 3 is 2.39 bits per heavy atom. The molecule has 0 bridgehead atoms. The van der Waals surface area contributed by atoms with E-state index < -0.39 is 22.9 Å². The molecular formula is C23H16B3F3N6O. The summed E-state index contributed by atoms with van der Waals surface area (Å²) in [6, 6.07) is 8.56. The van der Waals surface area contributed by atoms with Crippen LogP contribution in [-0.2, 0) is 11.3 Å². The molecule has 13 heteroatoms. The van der Waals surface area contributed by atoms with Gasteiger partial charge in [0, 0.05) is 47.3 Å². The van der Waals surface area contributed by atoms with Gasteiger partial charge in [0.2, 0.25) is 5.95 Å². The highest BCUT2D eigenvalue weighted by atomic mass is 19.4. The van der Waals surface area contributed by atoms with Crippen molar-refractivity contribution in [1.29, 1.82) is 0 Å². The van der Waals surface area contributed by atoms with Gasteiger partial charge in [-0.25, -0.2) is 9.97 Å². The molecule has 0 aliphatic rings. The van der Waals surface area contributed by atoms with E-state index >= 15 is 0 Å². The smallest absolute Gasteiger partial charge is 0.357 e. The second-order valence-electron chi connectivity index (χ2n) is 8.09. The lowest BCUT2D eigenvalue weighted by Crippen LogP contribution is -2.29. The van der Waals surface area contributed by atoms with E-state index in [4.69, 9.17) is 23.5 Å². The second kappa shape index (κ2) is 9.29. The number of aryl methyl sites for hydroxylation is 1. The fourth-order valence-corrected chi connectivity index (χ4v) is 3.54. The topological polar surface area (TPSA) is 92.7 Å². The monoisotopic (exact) mass is 482 g/mol. The Morgan fingerprint density at radius 1 is 0.972 bits per heavy atom. The molecule has 6 radical (unpaired) electrons. The van der Waals surface area contributed by atoms with Crippen LogP contribution < -0.4 is 10.6 Å². The van der Waals surface area contributed by atoms with Crippen molar-refractivity contribution in [3.63, 3.8) is 0 Å². The first-order valence-corrected chi connectivity index (χ1v) is 10.5. The number of anilines is 2. The van der Waals surface area contributed by atoms with Crippen LogP contribution in [0.4, 0.5) is 24.8 Å². The summed E-state index contributed by atoms with van der Waals surface area (Å²) in [5.41, 5.74) is 1.26. The number of alkyl halides is 3. The molecule has 0 aliphatic carbocycles. The number of benzene rings is 1. The average Bonchev–Trinajstić information content (AvgIpc) is 2.83. The van der Waals surface area contributed by atoms with Crippen molar-refractivity contribution >= 4 is 52.1 Å². The average molecular weight is 482 g/mol. The SMILES string of the molecule is [B]C([B])([B])c1nc2nc(NC)ncc2cc1-c1cc(NC(=O)c2ccnc(C(F)(F)F)c2)ccc1C. The maximum atomic E-state index is 13.0. The predicted molar refractivity (Wildman–Crippen MR) is 133 cm³/mol. The van der Waals surface area contributed by atoms with E-state index in [1.54, 1.807) is 37.5 Å². The van der Waals surface area contributed by atoms with E-state index in [0.717, 1.165) is 11.8 Å². The number of hydrogen-bond acceptors (Lipinski definition) is 6. The fourth-order valence-electron chi connectivity index (χ4n) is 3.54. The zero-order valence-electron chi connectivity index (χ0n) is 19.2. The number of nitrogens with zero attached hydrogens (tertiary/aromatic N) is 4. The Labute approximate surface area is 208 Å². The number of aromatic nitrogens is 4. The molecule has 1 amide bonds. The van der Waals surface area contributed by atoms with Gasteiger partial charge in [0.15, 0.2) is 5.65 Å². The predicted octanol–water partition coefficient (Wildman–Crippen LogP) is 3.32. The Morgan fingerprint density at radius 2 is 1.72 bits per heavy atom. The molecule has 0 spiro atoms. The molecule has 3 heterocycles. The number of carbonyl (C=O) groups excluding carboxylic acids is 1. The Bertz CT molecular complexity index is 1470. The molecule has 174 valence electrons. The molecule has 0 saturated carbocycles. The second-order valence-corrected chi connectivity index (χ2v) is 8.09. The van der Waals surface area contributed by atoms with E-state index in [0.29, 0.717) is 39.9 Å². The van der Waals surface area contributed by atoms with Crippen LogP contribution in [0.3, 0.4) is 0 Å². The maximum Gasteiger partial charge on any atom is 0.433 e. The number of carbonyl (C=O) groups is 1. The van der Waals surface area contributed by atoms with Gasteiger partial charge in [0.1, 0.15) is 5.69 Å². The third kappa shape index (κ3) is 5.19. The Hall–Kier alpha value is -3.89. The molecule has 0 aliphatic heterocycles. The van der Waals surface area contributed by atoms with Crippen LogP contribution in [0.5, 0.6) is 0 Å². The molecule has 0 fully saturated rings. The summed E-state index contributed by atoms with van der Waals surface area (Å²) in [6.45, 7) is 1.82. The summed E-state index contributed by atoms with van der Waals surface area (Å²) >= 11 is 0. The van der Waals surface area contributed by atoms with Crippen molar-refractivity contribution in [3.8, 4) is 11.1 Å². The quantitative estimate of drug-likeness (QED) is 0.425. The van der Waals surface area contributed by atoms with Crippen molar-refractivity contribution in [2.75, 3.05) is 17.7 Å². The molecule has 36 heavy (non-hydrogen) atoms. The fraction of sp³-hybridized carbons (Fsp3) is 0.174. The lowest BCUT2D eigenvalue weighted by molar-refractivity contribution is -0.141. The van der Waals surface area contributed by atoms with Crippen LogP contribution in [0.15, 0.2) is 48.8 Å². The van der Waals surface area contributed by atoms with Crippen LogP contribution in [0.2, 0.25) is 0 Å². The number of nitrogens with one attached hydrogen (secondary N) is 2. The molecule has 0 unspecified atom stereocenters. The van der Waals surface area contributed by atoms with Crippen molar-refractivity contribution in [2.24, 2.45) is 0 Å². The minimum atomic E-state index is -4.68. The number of pyridine rings is 2. The first-order chi connectivity index (χ1) is 16.9. The van der Waals surface area contributed by atoms with E-state index in [9.17, 15) is 18.0 Å². The number of hydrogen-bond donors (Lipinski definition) is 2. The van der Waals surface area contributed by atoms with Gasteiger partial charge in [0.05, 0.1) is 23.5 Å². The third-order valence-corrected chi connectivity index (χ3v) is 5.30. The highest BCUT2D eigenvalue weighted by molar-refractivity contribution is 6.59. The van der Waals surface area contributed by atoms with E-state index in [-0.39, 0.29) is 11.3 Å². The molecule has 4 rings (SSSR count). The van der Waals surface area contributed by atoms with Gasteiger partial charge in [-0.1, -0.05) is 11.2 Å². The molecule has 1 aromatic carbocycles. The van der Waals surface area contributed by atoms with Gasteiger partial charge in [0.25, 0.3) is 5.91 Å². The lowest BCUT2D eigenvalue weighted by atomic mass is 9.40. The first kappa shape index (κ1) is 25.2. The van der Waals surface area contributed by atoms with Crippen LogP contribution in [0.1, 0.15) is 27.3 Å². The largest absolute Gasteiger partial charge is 0.433 e. The minimum absolute atomic E-state index is 0.145. The van der Waals surface area contributed by atoms with Crippen molar-refractivity contribution < 1.29 is 18.0 Å². The van der Waals surface area contributed by atoms with Gasteiger partial charge in [-0.2, -0.15) is 18.2 Å². The number of fused-ring (bicyclic) bond motifs is 1. The lowest BCUT2D eigenvalue weighted by Gasteiger charge is -2.24. The van der Waals surface area contributed by atoms with Crippen LogP contribution in [0.25, 0.3) is 22.2 Å². The van der Waals surface area contributed by atoms with E-state index in [1.165, 1.54) is 6.07 Å². The van der Waals surface area contributed by atoms with Crippen LogP contribution in [-0.4, -0.2) is 56.4 Å². The highest BCUT2D eigenvalue weighted by Crippen LogP contribution is 2.34. The standard InChI is InChI=1S/C23H16B3F3N6O/c1-11-3-4-14(33-20(36)12-5-6-31-17(8-12)23(27,28)29)9-15(11)16-7-13-10-32-21(30-2)35-19(13)34-18(16)22(24,25)26/h3-10H,1-2H3,(H,33,36)(H,30,32,34,35). The summed E-state index contributed by atoms with van der Waals surface area (Å²) < 4.78 is 39.0. The van der Waals surface area contributed by atoms with E-state index in [2.05, 4.69) is 30.6 Å². The Kier molecular flexibility index (Phi) is 6.51. The van der Waals surface area contributed by atoms with Gasteiger partial charge < -0.3 is 10.6 Å². The molecular weight excluding hydrogens is 466 g/mol. The van der Waals surface area contributed by atoms with Gasteiger partial charge in [-0.05, 0) is 48.4 Å². The van der Waals surface area contributed by atoms with E-state index in [1.807, 2.05) is 6.92 Å². The molecule has 0 atom stereocenters. The molecule has 4 aromatic rings. The summed E-state index contributed by atoms with van der Waals surface area (Å²) in [5, 5.41) is 4.18. The number of amides is 1. The third-order valence-electron chi connectivity index (χ3n) is 5.30. The van der Waals surface area contributed by atoms with Crippen molar-refractivity contribution in [2.45, 2.75) is 18.2 Å². The summed E-state index contributed by atoms with van der Waals surface area (Å²) in [4.78, 5) is 28.9. The Balaban J connectivity index is 1.77. The summed E-state index contributed by atoms with van der Waals surface area (Å²) in [5.74, 6) is -0.399. The summed E-state index contributed by atoms with van der Waals surface area (Å²) in [7, 11) is 19.7.